The number of nitrogens with zero attached hydrogens (tertiary/aromatic N) is 1. The minimum atomic E-state index is -3.59. The minimum absolute atomic E-state index is 0.198. The zero-order valence-electron chi connectivity index (χ0n) is 16.3. The van der Waals surface area contributed by atoms with Gasteiger partial charge in [-0.2, -0.15) is 4.31 Å². The molecule has 156 valence electrons. The van der Waals surface area contributed by atoms with Gasteiger partial charge >= 0.3 is 0 Å². The van der Waals surface area contributed by atoms with Crippen molar-refractivity contribution in [3.05, 3.63) is 23.2 Å². The van der Waals surface area contributed by atoms with Crippen LogP contribution >= 0.6 is 23.8 Å². The largest absolute Gasteiger partial charge is 0.379 e. The molecule has 0 bridgehead atoms. The normalized spacial score (nSPS) is 26.6. The van der Waals surface area contributed by atoms with E-state index >= 15 is 0 Å². The molecule has 2 fully saturated rings. The molecule has 0 aromatic heterocycles. The van der Waals surface area contributed by atoms with E-state index in [1.807, 2.05) is 0 Å². The Labute approximate surface area is 178 Å². The Morgan fingerprint density at radius 1 is 1.25 bits per heavy atom. The van der Waals surface area contributed by atoms with E-state index in [0.29, 0.717) is 60.0 Å². The molecule has 28 heavy (non-hydrogen) atoms. The quantitative estimate of drug-likeness (QED) is 0.691. The number of hydrogen-bond acceptors (Lipinski definition) is 4. The van der Waals surface area contributed by atoms with E-state index in [1.165, 1.54) is 23.2 Å². The maximum Gasteiger partial charge on any atom is 0.243 e. The standard InChI is InChI=1S/C19H28ClN3O3S2/c1-13-4-3-5-17(14(13)2)21-19(27)22-18-12-15(6-7-16(18)20)28(24,25)23-8-10-26-11-9-23/h6-7,12-14,17H,3-5,8-11H2,1-2H3,(H2,21,22,27)/t13-,14+,17-/m1/s1. The lowest BCUT2D eigenvalue weighted by atomic mass is 9.78. The molecule has 1 saturated carbocycles. The molecule has 1 heterocycles. The number of nitrogens with one attached hydrogen (secondary N) is 2. The second-order valence-electron chi connectivity index (χ2n) is 7.63. The van der Waals surface area contributed by atoms with Crippen molar-refractivity contribution in [3.8, 4) is 0 Å². The molecule has 1 aromatic carbocycles. The summed E-state index contributed by atoms with van der Waals surface area (Å²) in [6.07, 6.45) is 3.50. The van der Waals surface area contributed by atoms with Crippen molar-refractivity contribution in [2.24, 2.45) is 11.8 Å². The lowest BCUT2D eigenvalue weighted by molar-refractivity contribution is 0.0730. The first-order valence-electron chi connectivity index (χ1n) is 9.74. The molecule has 3 rings (SSSR count). The monoisotopic (exact) mass is 445 g/mol. The van der Waals surface area contributed by atoms with Crippen LogP contribution in [0.2, 0.25) is 5.02 Å². The molecule has 0 unspecified atom stereocenters. The van der Waals surface area contributed by atoms with E-state index in [1.54, 1.807) is 12.1 Å². The Balaban J connectivity index is 1.72. The van der Waals surface area contributed by atoms with Crippen molar-refractivity contribution in [3.63, 3.8) is 0 Å². The number of halogens is 1. The molecular weight excluding hydrogens is 418 g/mol. The van der Waals surface area contributed by atoms with Gasteiger partial charge in [0.05, 0.1) is 28.8 Å². The van der Waals surface area contributed by atoms with Gasteiger partial charge in [0.2, 0.25) is 10.0 Å². The maximum atomic E-state index is 12.9. The molecule has 1 saturated heterocycles. The van der Waals surface area contributed by atoms with Crippen LogP contribution in [0.3, 0.4) is 0 Å². The highest BCUT2D eigenvalue weighted by Gasteiger charge is 2.29. The fourth-order valence-corrected chi connectivity index (χ4v) is 5.67. The van der Waals surface area contributed by atoms with Crippen LogP contribution in [0, 0.1) is 11.8 Å². The number of ether oxygens (including phenoxy) is 1. The van der Waals surface area contributed by atoms with Gasteiger partial charge in [-0.05, 0) is 48.7 Å². The van der Waals surface area contributed by atoms with Crippen LogP contribution < -0.4 is 10.6 Å². The van der Waals surface area contributed by atoms with Crippen molar-refractivity contribution < 1.29 is 13.2 Å². The molecule has 0 radical (unpaired) electrons. The second kappa shape index (κ2) is 9.26. The van der Waals surface area contributed by atoms with Gasteiger partial charge in [0.15, 0.2) is 5.11 Å². The maximum absolute atomic E-state index is 12.9. The third kappa shape index (κ3) is 4.97. The molecule has 2 aliphatic rings. The summed E-state index contributed by atoms with van der Waals surface area (Å²) in [5.41, 5.74) is 0.491. The third-order valence-corrected chi connectivity index (χ3v) is 8.26. The van der Waals surface area contributed by atoms with Crippen LogP contribution in [-0.2, 0) is 14.8 Å². The van der Waals surface area contributed by atoms with Gasteiger partial charge in [0, 0.05) is 19.1 Å². The summed E-state index contributed by atoms with van der Waals surface area (Å²) in [5.74, 6) is 1.18. The highest BCUT2D eigenvalue weighted by molar-refractivity contribution is 7.89. The Kier molecular flexibility index (Phi) is 7.20. The summed E-state index contributed by atoms with van der Waals surface area (Å²) in [4.78, 5) is 0.198. The second-order valence-corrected chi connectivity index (χ2v) is 10.4. The first-order valence-corrected chi connectivity index (χ1v) is 12.0. The predicted molar refractivity (Wildman–Crippen MR) is 116 cm³/mol. The molecule has 2 N–H and O–H groups in total. The summed E-state index contributed by atoms with van der Waals surface area (Å²) in [7, 11) is -3.59. The zero-order valence-corrected chi connectivity index (χ0v) is 18.7. The number of sulfonamides is 1. The number of benzene rings is 1. The Hall–Kier alpha value is -0.930. The van der Waals surface area contributed by atoms with Gasteiger partial charge in [-0.15, -0.1) is 0 Å². The Morgan fingerprint density at radius 3 is 2.68 bits per heavy atom. The van der Waals surface area contributed by atoms with Crippen molar-refractivity contribution >= 4 is 44.6 Å². The number of rotatable bonds is 4. The molecule has 1 aliphatic heterocycles. The van der Waals surface area contributed by atoms with E-state index in [2.05, 4.69) is 24.5 Å². The highest BCUT2D eigenvalue weighted by atomic mass is 35.5. The van der Waals surface area contributed by atoms with Crippen LogP contribution in [0.15, 0.2) is 23.1 Å². The van der Waals surface area contributed by atoms with E-state index in [-0.39, 0.29) is 4.90 Å². The van der Waals surface area contributed by atoms with Crippen LogP contribution in [0.1, 0.15) is 33.1 Å². The minimum Gasteiger partial charge on any atom is -0.379 e. The Morgan fingerprint density at radius 2 is 1.96 bits per heavy atom. The van der Waals surface area contributed by atoms with E-state index in [4.69, 9.17) is 28.6 Å². The third-order valence-electron chi connectivity index (χ3n) is 5.82. The molecule has 1 aliphatic carbocycles. The van der Waals surface area contributed by atoms with Gasteiger partial charge in [0.25, 0.3) is 0 Å². The number of thiocarbonyl (C=S) groups is 1. The van der Waals surface area contributed by atoms with Gasteiger partial charge in [0.1, 0.15) is 0 Å². The topological polar surface area (TPSA) is 70.7 Å². The van der Waals surface area contributed by atoms with Crippen molar-refractivity contribution in [1.82, 2.24) is 9.62 Å². The van der Waals surface area contributed by atoms with E-state index < -0.39 is 10.0 Å². The zero-order chi connectivity index (χ0) is 20.3. The molecule has 9 heteroatoms. The first kappa shape index (κ1) is 21.8. The van der Waals surface area contributed by atoms with Crippen LogP contribution in [0.25, 0.3) is 0 Å². The molecule has 0 spiro atoms. The molecular formula is C19H28ClN3O3S2. The molecule has 6 nitrogen and oxygen atoms in total. The summed E-state index contributed by atoms with van der Waals surface area (Å²) < 4.78 is 32.5. The van der Waals surface area contributed by atoms with Gasteiger partial charge in [-0.25, -0.2) is 8.42 Å². The summed E-state index contributed by atoms with van der Waals surface area (Å²) in [6.45, 7) is 6.03. The number of hydrogen-bond donors (Lipinski definition) is 2. The van der Waals surface area contributed by atoms with Crippen molar-refractivity contribution in [1.29, 1.82) is 0 Å². The fraction of sp³-hybridized carbons (Fsp3) is 0.632. The van der Waals surface area contributed by atoms with E-state index in [9.17, 15) is 8.42 Å². The first-order chi connectivity index (χ1) is 13.3. The molecule has 0 amide bonds. The summed E-state index contributed by atoms with van der Waals surface area (Å²) in [5, 5.41) is 7.36. The Bertz CT molecular complexity index is 813. The van der Waals surface area contributed by atoms with Crippen molar-refractivity contribution in [2.75, 3.05) is 31.6 Å². The van der Waals surface area contributed by atoms with Crippen molar-refractivity contribution in [2.45, 2.75) is 44.0 Å². The average Bonchev–Trinajstić information content (AvgIpc) is 2.68. The summed E-state index contributed by atoms with van der Waals surface area (Å²) in [6, 6.07) is 4.97. The fourth-order valence-electron chi connectivity index (χ4n) is 3.81. The van der Waals surface area contributed by atoms with E-state index in [0.717, 1.165) is 6.42 Å². The lowest BCUT2D eigenvalue weighted by Crippen LogP contribution is -2.45. The smallest absolute Gasteiger partial charge is 0.243 e. The summed E-state index contributed by atoms with van der Waals surface area (Å²) >= 11 is 11.8. The predicted octanol–water partition coefficient (Wildman–Crippen LogP) is 3.47. The van der Waals surface area contributed by atoms with Gasteiger partial charge in [-0.1, -0.05) is 38.3 Å². The highest BCUT2D eigenvalue weighted by Crippen LogP contribution is 2.30. The molecule has 3 atom stereocenters. The van der Waals surface area contributed by atoms with Crippen LogP contribution in [0.4, 0.5) is 5.69 Å². The molecule has 1 aromatic rings. The number of morpholine rings is 1. The number of anilines is 1. The lowest BCUT2D eigenvalue weighted by Gasteiger charge is -2.35. The SMILES string of the molecule is C[C@H]1[C@H](C)CCC[C@H]1NC(=S)Nc1cc(S(=O)(=O)N2CCOCC2)ccc1Cl. The van der Waals surface area contributed by atoms with Crippen LogP contribution in [0.5, 0.6) is 0 Å². The van der Waals surface area contributed by atoms with Crippen LogP contribution in [-0.4, -0.2) is 50.2 Å². The average molecular weight is 446 g/mol. The van der Waals surface area contributed by atoms with Gasteiger partial charge in [-0.3, -0.25) is 0 Å². The van der Waals surface area contributed by atoms with Gasteiger partial charge < -0.3 is 15.4 Å².